The Morgan fingerprint density at radius 3 is 2.76 bits per heavy atom. The van der Waals surface area contributed by atoms with Gasteiger partial charge in [-0.2, -0.15) is 13.2 Å². The molecule has 1 N–H and O–H groups in total. The van der Waals surface area contributed by atoms with E-state index in [4.69, 9.17) is 9.47 Å². The summed E-state index contributed by atoms with van der Waals surface area (Å²) < 4.78 is 46.6. The number of hydrogen-bond acceptors (Lipinski definition) is 4. The first-order chi connectivity index (χ1) is 11.8. The maximum atomic E-state index is 12.3. The molecule has 25 heavy (non-hydrogen) atoms. The van der Waals surface area contributed by atoms with E-state index in [1.165, 1.54) is 13.2 Å². The minimum Gasteiger partial charge on any atom is -0.493 e. The highest BCUT2D eigenvalue weighted by atomic mass is 19.4. The van der Waals surface area contributed by atoms with E-state index in [1.807, 2.05) is 11.8 Å². The molecule has 0 saturated carbocycles. The third kappa shape index (κ3) is 6.12. The van der Waals surface area contributed by atoms with E-state index in [-0.39, 0.29) is 23.4 Å². The summed E-state index contributed by atoms with van der Waals surface area (Å²) in [5.74, 6) is 0.334. The molecular weight excluding hydrogens is 337 g/mol. The van der Waals surface area contributed by atoms with Crippen LogP contribution in [0, 0.1) is 0 Å². The van der Waals surface area contributed by atoms with Crippen LogP contribution in [0.1, 0.15) is 18.9 Å². The van der Waals surface area contributed by atoms with E-state index in [0.717, 1.165) is 12.1 Å². The van der Waals surface area contributed by atoms with Crippen molar-refractivity contribution in [3.05, 3.63) is 23.8 Å². The minimum atomic E-state index is -4.41. The molecule has 8 heteroatoms. The van der Waals surface area contributed by atoms with Gasteiger partial charge in [0.2, 0.25) is 5.91 Å². The van der Waals surface area contributed by atoms with Gasteiger partial charge in [-0.1, -0.05) is 6.07 Å². The first-order valence-electron chi connectivity index (χ1n) is 8.16. The molecule has 1 aliphatic rings. The first kappa shape index (κ1) is 19.4. The molecule has 1 aliphatic heterocycles. The van der Waals surface area contributed by atoms with Crippen molar-refractivity contribution in [3.63, 3.8) is 0 Å². The second-order valence-electron chi connectivity index (χ2n) is 6.08. The number of rotatable bonds is 6. The van der Waals surface area contributed by atoms with Gasteiger partial charge in [0.15, 0.2) is 18.1 Å². The summed E-state index contributed by atoms with van der Waals surface area (Å²) in [7, 11) is 1.37. The standard InChI is InChI=1S/C17H23F3N2O3/c1-12-10-22(8-7-21-12)16(23)6-4-13-3-5-14(15(9-13)24-2)25-11-17(18,19)20/h3,5,9,12,21H,4,6-8,10-11H2,1-2H3/t12-/m0/s1. The van der Waals surface area contributed by atoms with E-state index in [0.29, 0.717) is 25.9 Å². The number of hydrogen-bond donors (Lipinski definition) is 1. The van der Waals surface area contributed by atoms with Crippen molar-refractivity contribution >= 4 is 5.91 Å². The predicted octanol–water partition coefficient (Wildman–Crippen LogP) is 2.39. The molecule has 1 aromatic rings. The van der Waals surface area contributed by atoms with E-state index >= 15 is 0 Å². The lowest BCUT2D eigenvalue weighted by molar-refractivity contribution is -0.153. The average molecular weight is 360 g/mol. The number of nitrogens with one attached hydrogen (secondary N) is 1. The summed E-state index contributed by atoms with van der Waals surface area (Å²) in [4.78, 5) is 14.1. The van der Waals surface area contributed by atoms with Crippen molar-refractivity contribution in [2.75, 3.05) is 33.4 Å². The van der Waals surface area contributed by atoms with Crippen molar-refractivity contribution in [2.45, 2.75) is 32.0 Å². The number of amides is 1. The van der Waals surface area contributed by atoms with Crippen molar-refractivity contribution in [1.29, 1.82) is 0 Å². The van der Waals surface area contributed by atoms with Crippen LogP contribution in [0.4, 0.5) is 13.2 Å². The Balaban J connectivity index is 1.92. The van der Waals surface area contributed by atoms with Crippen LogP contribution in [0.15, 0.2) is 18.2 Å². The monoisotopic (exact) mass is 360 g/mol. The van der Waals surface area contributed by atoms with E-state index in [1.54, 1.807) is 12.1 Å². The number of alkyl halides is 3. The van der Waals surface area contributed by atoms with Crippen LogP contribution in [0.5, 0.6) is 11.5 Å². The molecule has 0 radical (unpaired) electrons. The Morgan fingerprint density at radius 2 is 2.12 bits per heavy atom. The summed E-state index contributed by atoms with van der Waals surface area (Å²) in [5.41, 5.74) is 0.813. The van der Waals surface area contributed by atoms with Crippen LogP contribution in [0.2, 0.25) is 0 Å². The third-order valence-corrected chi connectivity index (χ3v) is 3.97. The third-order valence-electron chi connectivity index (χ3n) is 3.97. The fourth-order valence-corrected chi connectivity index (χ4v) is 2.71. The second-order valence-corrected chi connectivity index (χ2v) is 6.08. The van der Waals surface area contributed by atoms with Gasteiger partial charge in [0.1, 0.15) is 0 Å². The minimum absolute atomic E-state index is 0.0332. The van der Waals surface area contributed by atoms with E-state index in [2.05, 4.69) is 5.32 Å². The van der Waals surface area contributed by atoms with Crippen LogP contribution in [-0.4, -0.2) is 56.4 Å². The number of nitrogens with zero attached hydrogens (tertiary/aromatic N) is 1. The number of methoxy groups -OCH3 is 1. The lowest BCUT2D eigenvalue weighted by Gasteiger charge is -2.32. The molecular formula is C17H23F3N2O3. The molecule has 1 aromatic carbocycles. The Bertz CT molecular complexity index is 593. The Labute approximate surface area is 145 Å². The highest BCUT2D eigenvalue weighted by Crippen LogP contribution is 2.30. The van der Waals surface area contributed by atoms with Crippen LogP contribution in [-0.2, 0) is 11.2 Å². The second kappa shape index (κ2) is 8.42. The molecule has 1 amide bonds. The number of carbonyl (C=O) groups is 1. The molecule has 2 rings (SSSR count). The number of ether oxygens (including phenoxy) is 2. The quantitative estimate of drug-likeness (QED) is 0.846. The Hall–Kier alpha value is -1.96. The van der Waals surface area contributed by atoms with Crippen LogP contribution in [0.3, 0.4) is 0 Å². The molecule has 0 unspecified atom stereocenters. The summed E-state index contributed by atoms with van der Waals surface area (Å²) in [6.07, 6.45) is -3.57. The van der Waals surface area contributed by atoms with Gasteiger partial charge in [0.25, 0.3) is 0 Å². The number of benzene rings is 1. The fraction of sp³-hybridized carbons (Fsp3) is 0.588. The molecule has 0 bridgehead atoms. The molecule has 1 atom stereocenters. The normalized spacial score (nSPS) is 18.1. The van der Waals surface area contributed by atoms with Gasteiger partial charge < -0.3 is 19.7 Å². The number of halogens is 3. The van der Waals surface area contributed by atoms with E-state index < -0.39 is 12.8 Å². The highest BCUT2D eigenvalue weighted by molar-refractivity contribution is 5.76. The Morgan fingerprint density at radius 1 is 1.36 bits per heavy atom. The zero-order valence-corrected chi connectivity index (χ0v) is 14.4. The maximum absolute atomic E-state index is 12.3. The van der Waals surface area contributed by atoms with Gasteiger partial charge in [0.05, 0.1) is 7.11 Å². The molecule has 0 aliphatic carbocycles. The van der Waals surface area contributed by atoms with Gasteiger partial charge in [-0.3, -0.25) is 4.79 Å². The fourth-order valence-electron chi connectivity index (χ4n) is 2.71. The molecule has 0 aromatic heterocycles. The summed E-state index contributed by atoms with van der Waals surface area (Å²) in [6, 6.07) is 4.99. The summed E-state index contributed by atoms with van der Waals surface area (Å²) in [5, 5.41) is 3.28. The van der Waals surface area contributed by atoms with Crippen molar-refractivity contribution in [2.24, 2.45) is 0 Å². The molecule has 0 spiro atoms. The maximum Gasteiger partial charge on any atom is 0.422 e. The molecule has 1 saturated heterocycles. The molecule has 1 heterocycles. The lowest BCUT2D eigenvalue weighted by Crippen LogP contribution is -2.51. The van der Waals surface area contributed by atoms with Gasteiger partial charge in [-0.15, -0.1) is 0 Å². The highest BCUT2D eigenvalue weighted by Gasteiger charge is 2.29. The van der Waals surface area contributed by atoms with Crippen molar-refractivity contribution in [3.8, 4) is 11.5 Å². The van der Waals surface area contributed by atoms with E-state index in [9.17, 15) is 18.0 Å². The zero-order valence-electron chi connectivity index (χ0n) is 14.4. The molecule has 1 fully saturated rings. The Kier molecular flexibility index (Phi) is 6.52. The van der Waals surface area contributed by atoms with Gasteiger partial charge >= 0.3 is 6.18 Å². The average Bonchev–Trinajstić information content (AvgIpc) is 2.57. The number of aryl methyl sites for hydroxylation is 1. The summed E-state index contributed by atoms with van der Waals surface area (Å²) in [6.45, 7) is 2.82. The largest absolute Gasteiger partial charge is 0.493 e. The summed E-state index contributed by atoms with van der Waals surface area (Å²) >= 11 is 0. The van der Waals surface area contributed by atoms with Gasteiger partial charge in [-0.05, 0) is 31.0 Å². The van der Waals surface area contributed by atoms with Crippen LogP contribution < -0.4 is 14.8 Å². The number of carbonyl (C=O) groups excluding carboxylic acids is 1. The van der Waals surface area contributed by atoms with Crippen molar-refractivity contribution < 1.29 is 27.4 Å². The zero-order chi connectivity index (χ0) is 18.4. The smallest absolute Gasteiger partial charge is 0.422 e. The van der Waals surface area contributed by atoms with Crippen molar-refractivity contribution in [1.82, 2.24) is 10.2 Å². The topological polar surface area (TPSA) is 50.8 Å². The first-order valence-corrected chi connectivity index (χ1v) is 8.16. The lowest BCUT2D eigenvalue weighted by atomic mass is 10.1. The SMILES string of the molecule is COc1cc(CCC(=O)N2CCN[C@@H](C)C2)ccc1OCC(F)(F)F. The van der Waals surface area contributed by atoms with Gasteiger partial charge in [0, 0.05) is 32.1 Å². The number of piperazine rings is 1. The van der Waals surface area contributed by atoms with Crippen LogP contribution in [0.25, 0.3) is 0 Å². The molecule has 140 valence electrons. The predicted molar refractivity (Wildman–Crippen MR) is 86.9 cm³/mol. The van der Waals surface area contributed by atoms with Crippen LogP contribution >= 0.6 is 0 Å². The van der Waals surface area contributed by atoms with Gasteiger partial charge in [-0.25, -0.2) is 0 Å². The molecule has 5 nitrogen and oxygen atoms in total.